The van der Waals surface area contributed by atoms with E-state index >= 15 is 0 Å². The summed E-state index contributed by atoms with van der Waals surface area (Å²) >= 11 is 0. The van der Waals surface area contributed by atoms with Crippen LogP contribution >= 0.6 is 0 Å². The topological polar surface area (TPSA) is 108 Å². The van der Waals surface area contributed by atoms with E-state index in [9.17, 15) is 9.59 Å². The number of benzene rings is 4. The first kappa shape index (κ1) is 27.2. The molecule has 4 aromatic carbocycles. The molecule has 0 aliphatic heterocycles. The lowest BCUT2D eigenvalue weighted by atomic mass is 10.0. The van der Waals surface area contributed by atoms with Gasteiger partial charge in [0.15, 0.2) is 12.4 Å². The number of aryl methyl sites for hydroxylation is 1. The number of nitrogens with zero attached hydrogens (tertiary/aromatic N) is 1. The van der Waals surface area contributed by atoms with Gasteiger partial charge in [0.1, 0.15) is 41.9 Å². The Hall–Kier alpha value is -5.37. The first-order valence-corrected chi connectivity index (χ1v) is 12.9. The lowest BCUT2D eigenvalue weighted by molar-refractivity contribution is -0.139. The number of oxazole rings is 1. The van der Waals surface area contributed by atoms with Crippen LogP contribution in [0.25, 0.3) is 11.5 Å². The van der Waals surface area contributed by atoms with Gasteiger partial charge in [0.2, 0.25) is 5.89 Å². The smallest absolute Gasteiger partial charge is 0.341 e. The Kier molecular flexibility index (Phi) is 8.40. The average molecular weight is 550 g/mol. The molecule has 0 saturated heterocycles. The van der Waals surface area contributed by atoms with E-state index in [0.29, 0.717) is 28.7 Å². The Bertz CT molecular complexity index is 1630. The van der Waals surface area contributed by atoms with Crippen LogP contribution in [0.15, 0.2) is 108 Å². The zero-order valence-electron chi connectivity index (χ0n) is 22.3. The lowest BCUT2D eigenvalue weighted by Crippen LogP contribution is -2.12. The SMILES string of the molecule is Cc1oc(-c2ccccc2)nc1COc1ccc(COc2ccc(C(=O)c3ccccc3)c(OCC(=O)O)c2)cc1. The maximum Gasteiger partial charge on any atom is 0.341 e. The number of aromatic nitrogens is 1. The number of ketones is 1. The highest BCUT2D eigenvalue weighted by molar-refractivity contribution is 6.10. The second kappa shape index (κ2) is 12.7. The summed E-state index contributed by atoms with van der Waals surface area (Å²) in [5.41, 5.74) is 3.25. The van der Waals surface area contributed by atoms with Gasteiger partial charge in [-0.1, -0.05) is 60.7 Å². The van der Waals surface area contributed by atoms with E-state index in [0.717, 1.165) is 16.8 Å². The predicted octanol–water partition coefficient (Wildman–Crippen LogP) is 6.50. The molecular formula is C33H27NO7. The molecule has 0 unspecified atom stereocenters. The fraction of sp³-hybridized carbons (Fsp3) is 0.121. The highest BCUT2D eigenvalue weighted by atomic mass is 16.5. The van der Waals surface area contributed by atoms with Crippen molar-refractivity contribution in [2.75, 3.05) is 6.61 Å². The van der Waals surface area contributed by atoms with Crippen molar-refractivity contribution in [3.8, 4) is 28.7 Å². The molecule has 0 bridgehead atoms. The summed E-state index contributed by atoms with van der Waals surface area (Å²) in [7, 11) is 0. The lowest BCUT2D eigenvalue weighted by Gasteiger charge is -2.13. The summed E-state index contributed by atoms with van der Waals surface area (Å²) in [4.78, 5) is 28.6. The van der Waals surface area contributed by atoms with Gasteiger partial charge in [-0.3, -0.25) is 4.79 Å². The van der Waals surface area contributed by atoms with Crippen molar-refractivity contribution in [1.29, 1.82) is 0 Å². The van der Waals surface area contributed by atoms with Crippen LogP contribution in [-0.2, 0) is 18.0 Å². The fourth-order valence-electron chi connectivity index (χ4n) is 4.05. The van der Waals surface area contributed by atoms with Crippen LogP contribution in [0.2, 0.25) is 0 Å². The summed E-state index contributed by atoms with van der Waals surface area (Å²) in [5.74, 6) is 1.09. The molecule has 0 atom stereocenters. The molecule has 41 heavy (non-hydrogen) atoms. The Balaban J connectivity index is 1.21. The van der Waals surface area contributed by atoms with Crippen LogP contribution in [0.3, 0.4) is 0 Å². The number of hydrogen-bond donors (Lipinski definition) is 1. The summed E-state index contributed by atoms with van der Waals surface area (Å²) in [5, 5.41) is 9.07. The van der Waals surface area contributed by atoms with Gasteiger partial charge in [-0.2, -0.15) is 0 Å². The molecule has 8 heteroatoms. The van der Waals surface area contributed by atoms with Crippen LogP contribution < -0.4 is 14.2 Å². The van der Waals surface area contributed by atoms with Gasteiger partial charge < -0.3 is 23.7 Å². The van der Waals surface area contributed by atoms with Crippen LogP contribution in [0.5, 0.6) is 17.2 Å². The first-order chi connectivity index (χ1) is 20.0. The minimum Gasteiger partial charge on any atom is -0.489 e. The number of hydrogen-bond acceptors (Lipinski definition) is 7. The van der Waals surface area contributed by atoms with E-state index < -0.39 is 12.6 Å². The van der Waals surface area contributed by atoms with Crippen molar-refractivity contribution < 1.29 is 33.3 Å². The minimum absolute atomic E-state index is 0.140. The molecule has 1 aromatic heterocycles. The van der Waals surface area contributed by atoms with Crippen molar-refractivity contribution in [2.24, 2.45) is 0 Å². The van der Waals surface area contributed by atoms with Gasteiger partial charge in [-0.05, 0) is 48.9 Å². The Morgan fingerprint density at radius 1 is 0.780 bits per heavy atom. The molecule has 1 heterocycles. The number of aliphatic carboxylic acids is 1. The van der Waals surface area contributed by atoms with E-state index in [1.54, 1.807) is 36.4 Å². The first-order valence-electron chi connectivity index (χ1n) is 12.9. The normalized spacial score (nSPS) is 10.7. The van der Waals surface area contributed by atoms with Crippen molar-refractivity contribution >= 4 is 11.8 Å². The van der Waals surface area contributed by atoms with Gasteiger partial charge in [-0.15, -0.1) is 0 Å². The van der Waals surface area contributed by atoms with Crippen LogP contribution in [0.1, 0.15) is 32.9 Å². The van der Waals surface area contributed by atoms with Crippen LogP contribution in [-0.4, -0.2) is 28.4 Å². The number of rotatable bonds is 12. The highest BCUT2D eigenvalue weighted by Gasteiger charge is 2.17. The summed E-state index contributed by atoms with van der Waals surface area (Å²) in [6.07, 6.45) is 0. The van der Waals surface area contributed by atoms with Crippen LogP contribution in [0.4, 0.5) is 0 Å². The van der Waals surface area contributed by atoms with Crippen molar-refractivity contribution in [3.05, 3.63) is 131 Å². The van der Waals surface area contributed by atoms with Gasteiger partial charge in [0.05, 0.1) is 5.56 Å². The summed E-state index contributed by atoms with van der Waals surface area (Å²) in [6, 6.07) is 30.6. The minimum atomic E-state index is -1.15. The average Bonchev–Trinajstić information content (AvgIpc) is 3.39. The number of carbonyl (C=O) groups is 2. The molecule has 0 saturated carbocycles. The van der Waals surface area contributed by atoms with E-state index in [-0.39, 0.29) is 30.3 Å². The molecule has 1 N–H and O–H groups in total. The zero-order valence-corrected chi connectivity index (χ0v) is 22.3. The second-order valence-corrected chi connectivity index (χ2v) is 9.14. The van der Waals surface area contributed by atoms with Gasteiger partial charge in [0.25, 0.3) is 0 Å². The van der Waals surface area contributed by atoms with Gasteiger partial charge in [0, 0.05) is 17.2 Å². The molecule has 5 rings (SSSR count). The molecular weight excluding hydrogens is 522 g/mol. The maximum atomic E-state index is 13.0. The van der Waals surface area contributed by atoms with Gasteiger partial charge in [-0.25, -0.2) is 9.78 Å². The predicted molar refractivity (Wildman–Crippen MR) is 151 cm³/mol. The highest BCUT2D eigenvalue weighted by Crippen LogP contribution is 2.28. The molecule has 0 amide bonds. The Labute approximate surface area is 236 Å². The monoisotopic (exact) mass is 549 g/mol. The molecule has 0 aliphatic carbocycles. The second-order valence-electron chi connectivity index (χ2n) is 9.14. The molecule has 206 valence electrons. The van der Waals surface area contributed by atoms with E-state index in [4.69, 9.17) is 23.7 Å². The van der Waals surface area contributed by atoms with Crippen molar-refractivity contribution in [2.45, 2.75) is 20.1 Å². The third-order valence-electron chi connectivity index (χ3n) is 6.20. The van der Waals surface area contributed by atoms with Crippen molar-refractivity contribution in [3.63, 3.8) is 0 Å². The van der Waals surface area contributed by atoms with E-state index in [1.807, 2.05) is 67.6 Å². The van der Waals surface area contributed by atoms with E-state index in [2.05, 4.69) is 4.98 Å². The number of ether oxygens (including phenoxy) is 3. The summed E-state index contributed by atoms with van der Waals surface area (Å²) < 4.78 is 23.0. The molecule has 0 aliphatic rings. The number of carboxylic acid groups (broad SMARTS) is 1. The van der Waals surface area contributed by atoms with E-state index in [1.165, 1.54) is 6.07 Å². The maximum absolute atomic E-state index is 13.0. The third kappa shape index (κ3) is 6.99. The Morgan fingerprint density at radius 3 is 2.15 bits per heavy atom. The molecule has 8 nitrogen and oxygen atoms in total. The number of carboxylic acids is 1. The third-order valence-corrected chi connectivity index (χ3v) is 6.20. The largest absolute Gasteiger partial charge is 0.489 e. The van der Waals surface area contributed by atoms with Gasteiger partial charge >= 0.3 is 5.97 Å². The standard InChI is InChI=1S/C33H27NO7/c1-22-29(34-33(41-22)25-10-6-3-7-11-25)20-39-26-14-12-23(13-15-26)19-38-27-16-17-28(30(18-27)40-21-31(35)36)32(37)24-8-4-2-5-9-24/h2-18H,19-21H2,1H3,(H,35,36). The zero-order chi connectivity index (χ0) is 28.6. The number of carbonyl (C=O) groups excluding carboxylic acids is 1. The quantitative estimate of drug-likeness (QED) is 0.176. The summed E-state index contributed by atoms with van der Waals surface area (Å²) in [6.45, 7) is 1.79. The van der Waals surface area contributed by atoms with Crippen molar-refractivity contribution in [1.82, 2.24) is 4.98 Å². The molecule has 5 aromatic rings. The molecule has 0 fully saturated rings. The Morgan fingerprint density at radius 2 is 1.44 bits per heavy atom. The molecule has 0 radical (unpaired) electrons. The fourth-order valence-corrected chi connectivity index (χ4v) is 4.05. The molecule has 0 spiro atoms. The van der Waals surface area contributed by atoms with Crippen LogP contribution in [0, 0.1) is 6.92 Å².